The van der Waals surface area contributed by atoms with Crippen molar-refractivity contribution in [2.24, 2.45) is 5.41 Å². The lowest BCUT2D eigenvalue weighted by Crippen LogP contribution is -2.49. The molecule has 0 N–H and O–H groups in total. The van der Waals surface area contributed by atoms with Gasteiger partial charge in [0.05, 0.1) is 12.0 Å². The van der Waals surface area contributed by atoms with E-state index in [-0.39, 0.29) is 11.8 Å². The molecule has 0 spiro atoms. The van der Waals surface area contributed by atoms with Crippen molar-refractivity contribution in [2.75, 3.05) is 38.7 Å². The van der Waals surface area contributed by atoms with Crippen LogP contribution in [0.1, 0.15) is 30.2 Å². The summed E-state index contributed by atoms with van der Waals surface area (Å²) in [5.74, 6) is -0.484. The molecule has 1 aliphatic rings. The van der Waals surface area contributed by atoms with Crippen LogP contribution in [0, 0.1) is 11.2 Å². The average molecular weight is 406 g/mol. The van der Waals surface area contributed by atoms with Gasteiger partial charge in [-0.25, -0.2) is 9.37 Å². The van der Waals surface area contributed by atoms with Gasteiger partial charge in [0, 0.05) is 38.3 Å². The van der Waals surface area contributed by atoms with Gasteiger partial charge in [0.2, 0.25) is 0 Å². The summed E-state index contributed by atoms with van der Waals surface area (Å²) in [6.07, 6.45) is 3.85. The molecule has 0 amide bonds. The molecule has 2 aromatic rings. The zero-order chi connectivity index (χ0) is 20.1. The molecule has 1 aliphatic heterocycles. The van der Waals surface area contributed by atoms with Crippen LogP contribution in [0.2, 0.25) is 0 Å². The normalized spacial score (nSPS) is 20.1. The highest BCUT2D eigenvalue weighted by Gasteiger charge is 2.44. The number of halogens is 1. The van der Waals surface area contributed by atoms with Gasteiger partial charge in [-0.2, -0.15) is 0 Å². The van der Waals surface area contributed by atoms with Crippen LogP contribution in [0.4, 0.5) is 9.52 Å². The van der Waals surface area contributed by atoms with E-state index in [2.05, 4.69) is 9.88 Å². The van der Waals surface area contributed by atoms with E-state index in [0.29, 0.717) is 31.6 Å². The minimum atomic E-state index is -0.717. The summed E-state index contributed by atoms with van der Waals surface area (Å²) in [6, 6.07) is 6.71. The highest BCUT2D eigenvalue weighted by atomic mass is 32.1. The van der Waals surface area contributed by atoms with Crippen LogP contribution in [0.5, 0.6) is 0 Å². The highest BCUT2D eigenvalue weighted by Crippen LogP contribution is 2.37. The largest absolute Gasteiger partial charge is 0.466 e. The minimum Gasteiger partial charge on any atom is -0.466 e. The molecule has 1 saturated heterocycles. The molecule has 0 saturated carbocycles. The average Bonchev–Trinajstić information content (AvgIpc) is 3.13. The van der Waals surface area contributed by atoms with Crippen LogP contribution in [0.3, 0.4) is 0 Å². The number of nitrogens with zero attached hydrogens (tertiary/aromatic N) is 3. The molecule has 2 heterocycles. The van der Waals surface area contributed by atoms with E-state index in [1.807, 2.05) is 38.2 Å². The van der Waals surface area contributed by atoms with Crippen LogP contribution in [0.15, 0.2) is 30.5 Å². The summed E-state index contributed by atoms with van der Waals surface area (Å²) in [5.41, 5.74) is -0.143. The van der Waals surface area contributed by atoms with Crippen molar-refractivity contribution in [1.82, 2.24) is 9.88 Å². The number of rotatable bonds is 7. The smallest absolute Gasteiger partial charge is 0.313 e. The molecule has 7 heteroatoms. The predicted molar refractivity (Wildman–Crippen MR) is 110 cm³/mol. The van der Waals surface area contributed by atoms with Crippen molar-refractivity contribution in [3.8, 4) is 0 Å². The van der Waals surface area contributed by atoms with Gasteiger partial charge in [0.1, 0.15) is 5.82 Å². The molecule has 3 rings (SSSR count). The zero-order valence-electron chi connectivity index (χ0n) is 16.8. The number of hydrogen-bond acceptors (Lipinski definition) is 6. The van der Waals surface area contributed by atoms with Crippen molar-refractivity contribution < 1.29 is 13.9 Å². The number of hydrogen-bond donors (Lipinski definition) is 0. The quantitative estimate of drug-likeness (QED) is 0.657. The first-order chi connectivity index (χ1) is 13.4. The molecular weight excluding hydrogens is 377 g/mol. The lowest BCUT2D eigenvalue weighted by Gasteiger charge is -2.41. The van der Waals surface area contributed by atoms with E-state index >= 15 is 0 Å². The van der Waals surface area contributed by atoms with Gasteiger partial charge >= 0.3 is 5.97 Å². The Morgan fingerprint density at radius 1 is 1.39 bits per heavy atom. The standard InChI is InChI=1S/C21H28FN3O2S/c1-4-27-19(26)21(12-16-8-5-6-9-18(16)22)10-7-11-25(15-21)14-17-13-23-20(28-17)24(2)3/h5-6,8-9,13H,4,7,10-12,14-15H2,1-3H3/t21-/m0/s1. The van der Waals surface area contributed by atoms with Gasteiger partial charge in [-0.05, 0) is 44.4 Å². The molecular formula is C21H28FN3O2S. The molecule has 152 valence electrons. The molecule has 1 aromatic heterocycles. The van der Waals surface area contributed by atoms with E-state index in [4.69, 9.17) is 4.74 Å². The number of esters is 1. The zero-order valence-corrected chi connectivity index (χ0v) is 17.6. The topological polar surface area (TPSA) is 45.7 Å². The van der Waals surface area contributed by atoms with Crippen molar-refractivity contribution in [3.63, 3.8) is 0 Å². The molecule has 0 unspecified atom stereocenters. The van der Waals surface area contributed by atoms with E-state index in [1.54, 1.807) is 23.5 Å². The lowest BCUT2D eigenvalue weighted by atomic mass is 9.75. The number of anilines is 1. The fourth-order valence-corrected chi connectivity index (χ4v) is 4.71. The van der Waals surface area contributed by atoms with E-state index in [0.717, 1.165) is 29.5 Å². The number of ether oxygens (including phenoxy) is 1. The SMILES string of the molecule is CCOC(=O)[C@]1(Cc2ccccc2F)CCCN(Cc2cnc(N(C)C)s2)C1. The summed E-state index contributed by atoms with van der Waals surface area (Å²) in [5, 5.41) is 0.968. The molecule has 28 heavy (non-hydrogen) atoms. The fraction of sp³-hybridized carbons (Fsp3) is 0.524. The summed E-state index contributed by atoms with van der Waals surface area (Å²) in [7, 11) is 3.95. The van der Waals surface area contributed by atoms with Crippen molar-refractivity contribution >= 4 is 22.4 Å². The third-order valence-corrected chi connectivity index (χ3v) is 6.30. The van der Waals surface area contributed by atoms with Crippen LogP contribution in [-0.2, 0) is 22.5 Å². The first-order valence-electron chi connectivity index (χ1n) is 9.68. The number of aromatic nitrogens is 1. The maximum absolute atomic E-state index is 14.3. The Labute approximate surface area is 170 Å². The second-order valence-corrected chi connectivity index (χ2v) is 8.68. The molecule has 5 nitrogen and oxygen atoms in total. The van der Waals surface area contributed by atoms with Crippen LogP contribution in [-0.4, -0.2) is 49.6 Å². The van der Waals surface area contributed by atoms with Gasteiger partial charge in [-0.3, -0.25) is 9.69 Å². The molecule has 0 aliphatic carbocycles. The summed E-state index contributed by atoms with van der Waals surface area (Å²) in [6.45, 7) is 4.36. The van der Waals surface area contributed by atoms with Crippen molar-refractivity contribution in [1.29, 1.82) is 0 Å². The van der Waals surface area contributed by atoms with Gasteiger partial charge in [-0.1, -0.05) is 18.2 Å². The number of piperidine rings is 1. The Balaban J connectivity index is 1.80. The summed E-state index contributed by atoms with van der Waals surface area (Å²) < 4.78 is 19.7. The molecule has 0 radical (unpaired) electrons. The first-order valence-corrected chi connectivity index (χ1v) is 10.5. The monoisotopic (exact) mass is 405 g/mol. The minimum absolute atomic E-state index is 0.221. The van der Waals surface area contributed by atoms with Crippen molar-refractivity contribution in [2.45, 2.75) is 32.7 Å². The third kappa shape index (κ3) is 4.70. The number of carbonyl (C=O) groups is 1. The second kappa shape index (κ2) is 9.01. The summed E-state index contributed by atoms with van der Waals surface area (Å²) >= 11 is 1.66. The lowest BCUT2D eigenvalue weighted by molar-refractivity contribution is -0.159. The molecule has 0 bridgehead atoms. The highest BCUT2D eigenvalue weighted by molar-refractivity contribution is 7.15. The first kappa shape index (κ1) is 20.7. The Hall–Kier alpha value is -1.99. The maximum atomic E-state index is 14.3. The predicted octanol–water partition coefficient (Wildman–Crippen LogP) is 3.74. The number of likely N-dealkylation sites (tertiary alicyclic amines) is 1. The maximum Gasteiger partial charge on any atom is 0.313 e. The van der Waals surface area contributed by atoms with Crippen molar-refractivity contribution in [3.05, 3.63) is 46.7 Å². The third-order valence-electron chi connectivity index (χ3n) is 5.15. The number of carbonyl (C=O) groups excluding carboxylic acids is 1. The summed E-state index contributed by atoms with van der Waals surface area (Å²) in [4.78, 5) is 22.8. The van der Waals surface area contributed by atoms with Gasteiger partial charge in [0.15, 0.2) is 5.13 Å². The Bertz CT molecular complexity index is 810. The number of benzene rings is 1. The second-order valence-electron chi connectivity index (χ2n) is 7.59. The Morgan fingerprint density at radius 2 is 2.18 bits per heavy atom. The Morgan fingerprint density at radius 3 is 2.86 bits per heavy atom. The molecule has 1 aromatic carbocycles. The van der Waals surface area contributed by atoms with Crippen LogP contribution >= 0.6 is 11.3 Å². The molecule has 1 fully saturated rings. The van der Waals surface area contributed by atoms with E-state index < -0.39 is 5.41 Å². The van der Waals surface area contributed by atoms with Crippen LogP contribution in [0.25, 0.3) is 0 Å². The van der Waals surface area contributed by atoms with Crippen LogP contribution < -0.4 is 4.90 Å². The molecule has 1 atom stereocenters. The van der Waals surface area contributed by atoms with E-state index in [9.17, 15) is 9.18 Å². The number of thiazole rings is 1. The Kier molecular flexibility index (Phi) is 6.67. The fourth-order valence-electron chi connectivity index (χ4n) is 3.83. The van der Waals surface area contributed by atoms with Gasteiger partial charge < -0.3 is 9.64 Å². The van der Waals surface area contributed by atoms with Gasteiger partial charge in [0.25, 0.3) is 0 Å². The van der Waals surface area contributed by atoms with Gasteiger partial charge in [-0.15, -0.1) is 11.3 Å². The van der Waals surface area contributed by atoms with E-state index in [1.165, 1.54) is 6.07 Å².